The van der Waals surface area contributed by atoms with E-state index in [4.69, 9.17) is 0 Å². The molecular weight excluding hydrogens is 298 g/mol. The van der Waals surface area contributed by atoms with Crippen LogP contribution in [0.2, 0.25) is 0 Å². The summed E-state index contributed by atoms with van der Waals surface area (Å²) < 4.78 is 0. The van der Waals surface area contributed by atoms with E-state index in [1.54, 1.807) is 0 Å². The summed E-state index contributed by atoms with van der Waals surface area (Å²) >= 11 is 0. The highest BCUT2D eigenvalue weighted by molar-refractivity contribution is 5.74. The monoisotopic (exact) mass is 327 g/mol. The van der Waals surface area contributed by atoms with Gasteiger partial charge in [0.05, 0.1) is 6.04 Å². The number of rotatable bonds is 6. The predicted octanol–water partition coefficient (Wildman–Crippen LogP) is 3.31. The lowest BCUT2D eigenvalue weighted by Crippen LogP contribution is -2.43. The summed E-state index contributed by atoms with van der Waals surface area (Å²) in [6.45, 7) is 3.18. The first-order chi connectivity index (χ1) is 11.8. The van der Waals surface area contributed by atoms with Crippen molar-refractivity contribution < 1.29 is 4.79 Å². The smallest absolute Gasteiger partial charge is 0.315 e. The maximum atomic E-state index is 12.4. The average Bonchev–Trinajstić information content (AvgIpc) is 3.30. The molecule has 24 heavy (non-hydrogen) atoms. The molecule has 2 aliphatic carbocycles. The van der Waals surface area contributed by atoms with E-state index in [0.29, 0.717) is 11.8 Å². The Morgan fingerprint density at radius 3 is 2.58 bits per heavy atom. The van der Waals surface area contributed by atoms with E-state index < -0.39 is 0 Å². The zero-order chi connectivity index (χ0) is 16.4. The van der Waals surface area contributed by atoms with Crippen LogP contribution in [-0.4, -0.2) is 36.6 Å². The van der Waals surface area contributed by atoms with E-state index in [1.807, 2.05) is 6.07 Å². The SMILES string of the molecule is O=C(NCC1CCN(C2CC2)C1)NC(c1ccccc1)C1CCC1. The first kappa shape index (κ1) is 15.9. The minimum Gasteiger partial charge on any atom is -0.338 e. The highest BCUT2D eigenvalue weighted by Gasteiger charge is 2.34. The van der Waals surface area contributed by atoms with Crippen LogP contribution in [-0.2, 0) is 0 Å². The largest absolute Gasteiger partial charge is 0.338 e. The van der Waals surface area contributed by atoms with E-state index in [-0.39, 0.29) is 12.1 Å². The van der Waals surface area contributed by atoms with Crippen LogP contribution >= 0.6 is 0 Å². The number of carbonyl (C=O) groups is 1. The normalized spacial score (nSPS) is 25.9. The van der Waals surface area contributed by atoms with Crippen molar-refractivity contribution in [2.24, 2.45) is 11.8 Å². The molecule has 2 atom stereocenters. The number of urea groups is 1. The fourth-order valence-electron chi connectivity index (χ4n) is 4.14. The summed E-state index contributed by atoms with van der Waals surface area (Å²) in [5.41, 5.74) is 1.23. The van der Waals surface area contributed by atoms with Crippen molar-refractivity contribution in [3.8, 4) is 0 Å². The number of hydrogen-bond donors (Lipinski definition) is 2. The lowest BCUT2D eigenvalue weighted by atomic mass is 9.77. The molecule has 1 saturated heterocycles. The Morgan fingerprint density at radius 2 is 1.92 bits per heavy atom. The van der Waals surface area contributed by atoms with Crippen molar-refractivity contribution in [2.75, 3.05) is 19.6 Å². The van der Waals surface area contributed by atoms with Gasteiger partial charge in [0.15, 0.2) is 0 Å². The molecule has 4 rings (SSSR count). The fraction of sp³-hybridized carbons (Fsp3) is 0.650. The van der Waals surface area contributed by atoms with Crippen LogP contribution in [0.3, 0.4) is 0 Å². The van der Waals surface area contributed by atoms with Crippen LogP contribution < -0.4 is 10.6 Å². The third-order valence-electron chi connectivity index (χ3n) is 6.00. The Balaban J connectivity index is 1.27. The molecule has 2 N–H and O–H groups in total. The molecule has 1 aromatic carbocycles. The Labute approximate surface area is 145 Å². The number of likely N-dealkylation sites (tertiary alicyclic amines) is 1. The molecule has 2 saturated carbocycles. The fourth-order valence-corrected chi connectivity index (χ4v) is 4.14. The van der Waals surface area contributed by atoms with E-state index in [9.17, 15) is 4.79 Å². The number of amides is 2. The van der Waals surface area contributed by atoms with Crippen LogP contribution in [0.15, 0.2) is 30.3 Å². The minimum atomic E-state index is 0.000579. The van der Waals surface area contributed by atoms with Gasteiger partial charge in [-0.25, -0.2) is 4.79 Å². The minimum absolute atomic E-state index is 0.000579. The molecule has 1 aliphatic heterocycles. The Bertz CT molecular complexity index is 553. The molecule has 1 aromatic rings. The topological polar surface area (TPSA) is 44.4 Å². The van der Waals surface area contributed by atoms with Gasteiger partial charge in [0.2, 0.25) is 0 Å². The lowest BCUT2D eigenvalue weighted by molar-refractivity contribution is 0.206. The van der Waals surface area contributed by atoms with Gasteiger partial charge in [-0.1, -0.05) is 36.8 Å². The van der Waals surface area contributed by atoms with Crippen molar-refractivity contribution >= 4 is 6.03 Å². The summed E-state index contributed by atoms with van der Waals surface area (Å²) in [6, 6.07) is 11.4. The van der Waals surface area contributed by atoms with Gasteiger partial charge in [-0.15, -0.1) is 0 Å². The van der Waals surface area contributed by atoms with E-state index >= 15 is 0 Å². The zero-order valence-electron chi connectivity index (χ0n) is 14.4. The van der Waals surface area contributed by atoms with Gasteiger partial charge < -0.3 is 15.5 Å². The average molecular weight is 327 g/mol. The molecule has 2 unspecified atom stereocenters. The quantitative estimate of drug-likeness (QED) is 0.842. The van der Waals surface area contributed by atoms with E-state index in [2.05, 4.69) is 39.8 Å². The van der Waals surface area contributed by atoms with Gasteiger partial charge in [0.1, 0.15) is 0 Å². The lowest BCUT2D eigenvalue weighted by Gasteiger charge is -2.34. The van der Waals surface area contributed by atoms with Crippen LogP contribution in [0, 0.1) is 11.8 Å². The van der Waals surface area contributed by atoms with Gasteiger partial charge >= 0.3 is 6.03 Å². The maximum Gasteiger partial charge on any atom is 0.315 e. The second kappa shape index (κ2) is 7.14. The van der Waals surface area contributed by atoms with Crippen LogP contribution in [0.1, 0.15) is 50.1 Å². The molecule has 4 heteroatoms. The standard InChI is InChI=1S/C20H29N3O/c24-20(21-13-15-11-12-23(14-15)18-9-10-18)22-19(17-7-4-8-17)16-5-2-1-3-6-16/h1-3,5-6,15,17-19H,4,7-14H2,(H2,21,22,24). The predicted molar refractivity (Wildman–Crippen MR) is 95.8 cm³/mol. The summed E-state index contributed by atoms with van der Waals surface area (Å²) in [7, 11) is 0. The molecule has 3 aliphatic rings. The van der Waals surface area contributed by atoms with Gasteiger partial charge in [0.25, 0.3) is 0 Å². The number of hydrogen-bond acceptors (Lipinski definition) is 2. The molecule has 3 fully saturated rings. The van der Waals surface area contributed by atoms with Gasteiger partial charge in [0, 0.05) is 19.1 Å². The molecule has 130 valence electrons. The van der Waals surface area contributed by atoms with E-state index in [0.717, 1.165) is 19.1 Å². The zero-order valence-corrected chi connectivity index (χ0v) is 14.4. The molecule has 0 aromatic heterocycles. The Kier molecular flexibility index (Phi) is 4.74. The first-order valence-corrected chi connectivity index (χ1v) is 9.63. The molecule has 4 nitrogen and oxygen atoms in total. The summed E-state index contributed by atoms with van der Waals surface area (Å²) in [5, 5.41) is 6.37. The first-order valence-electron chi connectivity index (χ1n) is 9.63. The van der Waals surface area contributed by atoms with Crippen molar-refractivity contribution in [3.63, 3.8) is 0 Å². The van der Waals surface area contributed by atoms with Crippen molar-refractivity contribution in [3.05, 3.63) is 35.9 Å². The summed E-state index contributed by atoms with van der Waals surface area (Å²) in [4.78, 5) is 15.0. The van der Waals surface area contributed by atoms with Crippen molar-refractivity contribution in [1.29, 1.82) is 0 Å². The van der Waals surface area contributed by atoms with Gasteiger partial charge in [-0.05, 0) is 56.0 Å². The molecule has 2 amide bonds. The maximum absolute atomic E-state index is 12.4. The molecular formula is C20H29N3O. The highest BCUT2D eigenvalue weighted by atomic mass is 16.2. The molecule has 1 heterocycles. The third kappa shape index (κ3) is 3.75. The molecule has 0 radical (unpaired) electrons. The summed E-state index contributed by atoms with van der Waals surface area (Å²) in [6.07, 6.45) is 7.71. The second-order valence-corrected chi connectivity index (χ2v) is 7.81. The highest BCUT2D eigenvalue weighted by Crippen LogP contribution is 2.37. The van der Waals surface area contributed by atoms with Crippen LogP contribution in [0.25, 0.3) is 0 Å². The number of benzene rings is 1. The Morgan fingerprint density at radius 1 is 1.12 bits per heavy atom. The van der Waals surface area contributed by atoms with Gasteiger partial charge in [-0.2, -0.15) is 0 Å². The second-order valence-electron chi connectivity index (χ2n) is 7.81. The van der Waals surface area contributed by atoms with E-state index in [1.165, 1.54) is 50.6 Å². The molecule has 0 bridgehead atoms. The summed E-state index contributed by atoms with van der Waals surface area (Å²) in [5.74, 6) is 1.21. The number of nitrogens with one attached hydrogen (secondary N) is 2. The molecule has 0 spiro atoms. The number of carbonyl (C=O) groups excluding carboxylic acids is 1. The van der Waals surface area contributed by atoms with Crippen LogP contribution in [0.4, 0.5) is 4.79 Å². The van der Waals surface area contributed by atoms with Gasteiger partial charge in [-0.3, -0.25) is 0 Å². The van der Waals surface area contributed by atoms with Crippen molar-refractivity contribution in [1.82, 2.24) is 15.5 Å². The third-order valence-corrected chi connectivity index (χ3v) is 6.00. The number of nitrogens with zero attached hydrogens (tertiary/aromatic N) is 1. The van der Waals surface area contributed by atoms with Crippen LogP contribution in [0.5, 0.6) is 0 Å². The van der Waals surface area contributed by atoms with Crippen molar-refractivity contribution in [2.45, 2.75) is 50.6 Å². The Hall–Kier alpha value is -1.55.